The summed E-state index contributed by atoms with van der Waals surface area (Å²) in [6.07, 6.45) is 4.64. The van der Waals surface area contributed by atoms with Crippen molar-refractivity contribution < 1.29 is 29.3 Å². The Bertz CT molecular complexity index is 232. The molecule has 0 fully saturated rings. The van der Waals surface area contributed by atoms with Crippen molar-refractivity contribution >= 4 is 28.0 Å². The molecular formula is C11H24O2PS2Zn+. The van der Waals surface area contributed by atoms with Crippen molar-refractivity contribution in [3.8, 4) is 0 Å². The summed E-state index contributed by atoms with van der Waals surface area (Å²) in [7, 11) is 1.15. The van der Waals surface area contributed by atoms with Gasteiger partial charge in [-0.1, -0.05) is 40.5 Å². The first kappa shape index (κ1) is 20.9. The van der Waals surface area contributed by atoms with Crippen LogP contribution in [0.3, 0.4) is 0 Å². The molecule has 0 aliphatic rings. The molecule has 1 unspecified atom stereocenters. The van der Waals surface area contributed by atoms with Crippen molar-refractivity contribution in [1.82, 2.24) is 0 Å². The van der Waals surface area contributed by atoms with Crippen molar-refractivity contribution in [1.29, 1.82) is 0 Å². The van der Waals surface area contributed by atoms with Crippen LogP contribution in [0.1, 0.15) is 53.4 Å². The Labute approximate surface area is 127 Å². The minimum atomic E-state index is -3.26. The Morgan fingerprint density at radius 2 is 1.82 bits per heavy atom. The zero-order valence-electron chi connectivity index (χ0n) is 11.5. The second-order valence-electron chi connectivity index (χ2n) is 4.31. The van der Waals surface area contributed by atoms with E-state index in [1.54, 1.807) is 0 Å². The van der Waals surface area contributed by atoms with Crippen molar-refractivity contribution in [3.63, 3.8) is 0 Å². The number of unbranched alkanes of at least 4 members (excludes halogenated alkanes) is 1. The smallest absolute Gasteiger partial charge is 0.789 e. The van der Waals surface area contributed by atoms with Crippen LogP contribution in [-0.2, 0) is 30.4 Å². The Balaban J connectivity index is 0. The molecule has 2 nitrogen and oxygen atoms in total. The molecule has 0 N–H and O–H groups in total. The van der Waals surface area contributed by atoms with Gasteiger partial charge in [-0.15, -0.1) is 11.4 Å². The number of hydrogen-bond donors (Lipinski definition) is 0. The fourth-order valence-electron chi connectivity index (χ4n) is 1.38. The molecule has 0 spiro atoms. The summed E-state index contributed by atoms with van der Waals surface area (Å²) in [6.45, 7) is 8.16. The SMILES string of the molecule is CCCCC(CC)C[S+]=P([O-])([O-])SC(C)C.[Zn+2]. The third-order valence-electron chi connectivity index (χ3n) is 2.35. The van der Waals surface area contributed by atoms with E-state index in [0.717, 1.165) is 40.9 Å². The fourth-order valence-corrected chi connectivity index (χ4v) is 8.31. The number of rotatable bonds is 8. The van der Waals surface area contributed by atoms with E-state index in [1.165, 1.54) is 12.8 Å². The van der Waals surface area contributed by atoms with E-state index in [2.05, 4.69) is 13.8 Å². The summed E-state index contributed by atoms with van der Waals surface area (Å²) in [4.78, 5) is 23.4. The molecule has 0 saturated carbocycles. The Morgan fingerprint density at radius 1 is 1.24 bits per heavy atom. The first-order valence-corrected chi connectivity index (χ1v) is 10.7. The largest absolute Gasteiger partial charge is 2.00 e. The molecule has 6 heteroatoms. The molecule has 98 valence electrons. The van der Waals surface area contributed by atoms with Gasteiger partial charge in [-0.2, -0.15) is 0 Å². The van der Waals surface area contributed by atoms with Gasteiger partial charge in [-0.3, -0.25) is 0 Å². The van der Waals surface area contributed by atoms with E-state index >= 15 is 0 Å². The van der Waals surface area contributed by atoms with Gasteiger partial charge in [0.25, 0.3) is 0 Å². The molecule has 0 aliphatic carbocycles. The third kappa shape index (κ3) is 12.3. The molecule has 0 heterocycles. The van der Waals surface area contributed by atoms with Gasteiger partial charge >= 0.3 is 19.5 Å². The molecule has 0 amide bonds. The first-order chi connectivity index (χ1) is 7.41. The van der Waals surface area contributed by atoms with E-state index in [9.17, 15) is 9.79 Å². The molecule has 0 radical (unpaired) electrons. The van der Waals surface area contributed by atoms with Crippen molar-refractivity contribution in [2.24, 2.45) is 5.92 Å². The fraction of sp³-hybridized carbons (Fsp3) is 1.00. The Hall–Kier alpha value is 1.54. The summed E-state index contributed by atoms with van der Waals surface area (Å²) < 4.78 is 0. The minimum Gasteiger partial charge on any atom is -0.789 e. The summed E-state index contributed by atoms with van der Waals surface area (Å²) >= 11 is 1.10. The van der Waals surface area contributed by atoms with Crippen LogP contribution in [0.25, 0.3) is 0 Å². The van der Waals surface area contributed by atoms with Gasteiger partial charge in [0.05, 0.1) is 0 Å². The second kappa shape index (κ2) is 11.4. The molecule has 0 aromatic rings. The van der Waals surface area contributed by atoms with Crippen LogP contribution in [0.2, 0.25) is 0 Å². The van der Waals surface area contributed by atoms with Crippen molar-refractivity contribution in [3.05, 3.63) is 0 Å². The molecule has 1 atom stereocenters. The molecule has 0 aliphatic heterocycles. The van der Waals surface area contributed by atoms with Gasteiger partial charge < -0.3 is 9.79 Å². The first-order valence-electron chi connectivity index (χ1n) is 6.05. The zero-order valence-corrected chi connectivity index (χ0v) is 17.0. The van der Waals surface area contributed by atoms with E-state index in [-0.39, 0.29) is 24.7 Å². The summed E-state index contributed by atoms with van der Waals surface area (Å²) in [5.41, 5.74) is -3.26. The molecule has 17 heavy (non-hydrogen) atoms. The van der Waals surface area contributed by atoms with Gasteiger partial charge in [-0.05, 0) is 12.8 Å². The van der Waals surface area contributed by atoms with Gasteiger partial charge in [0, 0.05) is 16.9 Å². The van der Waals surface area contributed by atoms with Crippen LogP contribution in [0.4, 0.5) is 0 Å². The zero-order chi connectivity index (χ0) is 12.6. The number of hydrogen-bond acceptors (Lipinski definition) is 3. The van der Waals surface area contributed by atoms with Gasteiger partial charge in [0.15, 0.2) is 5.75 Å². The van der Waals surface area contributed by atoms with E-state index in [1.807, 2.05) is 13.8 Å². The maximum Gasteiger partial charge on any atom is 2.00 e. The van der Waals surface area contributed by atoms with Crippen LogP contribution >= 0.6 is 17.1 Å². The molecular weight excluding hydrogens is 325 g/mol. The summed E-state index contributed by atoms with van der Waals surface area (Å²) in [5.74, 6) is 1.32. The summed E-state index contributed by atoms with van der Waals surface area (Å²) in [6, 6.07) is 0. The van der Waals surface area contributed by atoms with Crippen LogP contribution in [0.15, 0.2) is 0 Å². The maximum atomic E-state index is 11.7. The van der Waals surface area contributed by atoms with Crippen LogP contribution < -0.4 is 9.79 Å². The van der Waals surface area contributed by atoms with Crippen LogP contribution in [0, 0.1) is 5.92 Å². The van der Waals surface area contributed by atoms with E-state index in [4.69, 9.17) is 0 Å². The van der Waals surface area contributed by atoms with Crippen LogP contribution in [0.5, 0.6) is 0 Å². The second-order valence-corrected chi connectivity index (χ2v) is 11.9. The normalized spacial score (nSPS) is 13.4. The Kier molecular flexibility index (Phi) is 14.0. The molecule has 0 bridgehead atoms. The maximum absolute atomic E-state index is 11.7. The van der Waals surface area contributed by atoms with Gasteiger partial charge in [-0.25, -0.2) is 0 Å². The van der Waals surface area contributed by atoms with E-state index in [0.29, 0.717) is 5.92 Å². The molecule has 0 saturated heterocycles. The topological polar surface area (TPSA) is 46.1 Å². The predicted molar refractivity (Wildman–Crippen MR) is 75.2 cm³/mol. The summed E-state index contributed by atoms with van der Waals surface area (Å²) in [5, 5.41) is 0.159. The van der Waals surface area contributed by atoms with Crippen molar-refractivity contribution in [2.45, 2.75) is 58.6 Å². The van der Waals surface area contributed by atoms with Crippen molar-refractivity contribution in [2.75, 3.05) is 5.75 Å². The standard InChI is InChI=1S/C11H24O2PS2.Zn/c1-5-7-8-11(6-2)9-15-14(12,13)16-10(3)4;/h10-11H,5-9H2,1-4H3;/q-1;+2. The average molecular weight is 349 g/mol. The average Bonchev–Trinajstić information content (AvgIpc) is 2.16. The van der Waals surface area contributed by atoms with Crippen LogP contribution in [-0.4, -0.2) is 11.0 Å². The quantitative estimate of drug-likeness (QED) is 0.385. The molecule has 0 aromatic heterocycles. The molecule has 0 aromatic carbocycles. The Morgan fingerprint density at radius 3 is 2.24 bits per heavy atom. The molecule has 0 rings (SSSR count). The van der Waals surface area contributed by atoms with E-state index < -0.39 is 5.69 Å². The van der Waals surface area contributed by atoms with Gasteiger partial charge in [0.1, 0.15) is 10.9 Å². The monoisotopic (exact) mass is 347 g/mol. The predicted octanol–water partition coefficient (Wildman–Crippen LogP) is 2.82. The third-order valence-corrected chi connectivity index (χ3v) is 9.13. The van der Waals surface area contributed by atoms with Gasteiger partial charge in [0.2, 0.25) is 0 Å². The minimum absolute atomic E-state index is 0.